The van der Waals surface area contributed by atoms with E-state index in [-0.39, 0.29) is 6.04 Å². The van der Waals surface area contributed by atoms with Crippen molar-refractivity contribution in [3.63, 3.8) is 0 Å². The van der Waals surface area contributed by atoms with Crippen LogP contribution in [-0.2, 0) is 19.4 Å². The average Bonchev–Trinajstić information content (AvgIpc) is 2.77. The number of methoxy groups -OCH3 is 1. The minimum atomic E-state index is 0.147. The van der Waals surface area contributed by atoms with Gasteiger partial charge in [-0.3, -0.25) is 0 Å². The fourth-order valence-electron chi connectivity index (χ4n) is 3.88. The van der Waals surface area contributed by atoms with Gasteiger partial charge in [0.15, 0.2) is 0 Å². The van der Waals surface area contributed by atoms with Gasteiger partial charge in [-0.05, 0) is 53.3 Å². The second-order valence-corrected chi connectivity index (χ2v) is 7.20. The van der Waals surface area contributed by atoms with Gasteiger partial charge in [0.1, 0.15) is 18.1 Å². The van der Waals surface area contributed by atoms with E-state index in [4.69, 9.17) is 9.47 Å². The van der Waals surface area contributed by atoms with Gasteiger partial charge in [0.05, 0.1) is 13.2 Å². The molecule has 1 aliphatic heterocycles. The summed E-state index contributed by atoms with van der Waals surface area (Å²) in [6.45, 7) is 3.72. The average molecular weight is 373 g/mol. The van der Waals surface area contributed by atoms with E-state index < -0.39 is 0 Å². The molecule has 28 heavy (non-hydrogen) atoms. The van der Waals surface area contributed by atoms with E-state index in [0.717, 1.165) is 30.9 Å². The molecule has 0 amide bonds. The number of nitrogens with one attached hydrogen (secondary N) is 1. The van der Waals surface area contributed by atoms with Crippen LogP contribution in [0, 0.1) is 0 Å². The maximum absolute atomic E-state index is 6.04. The van der Waals surface area contributed by atoms with Crippen LogP contribution in [-0.4, -0.2) is 13.7 Å². The molecule has 1 unspecified atom stereocenters. The number of rotatable bonds is 6. The second kappa shape index (κ2) is 8.49. The van der Waals surface area contributed by atoms with Gasteiger partial charge in [-0.2, -0.15) is 0 Å². The van der Waals surface area contributed by atoms with Crippen LogP contribution < -0.4 is 14.8 Å². The predicted molar refractivity (Wildman–Crippen MR) is 113 cm³/mol. The fourth-order valence-corrected chi connectivity index (χ4v) is 3.88. The molecule has 0 bridgehead atoms. The van der Waals surface area contributed by atoms with Gasteiger partial charge < -0.3 is 14.8 Å². The highest BCUT2D eigenvalue weighted by Gasteiger charge is 2.24. The Kier molecular flexibility index (Phi) is 5.63. The lowest BCUT2D eigenvalue weighted by Gasteiger charge is -2.29. The summed E-state index contributed by atoms with van der Waals surface area (Å²) in [6, 6.07) is 23.4. The lowest BCUT2D eigenvalue weighted by atomic mass is 9.88. The number of aryl methyl sites for hydroxylation is 1. The summed E-state index contributed by atoms with van der Waals surface area (Å²) in [5.74, 6) is 1.87. The smallest absolute Gasteiger partial charge is 0.123 e. The molecule has 1 atom stereocenters. The first kappa shape index (κ1) is 18.6. The summed E-state index contributed by atoms with van der Waals surface area (Å²) in [6.07, 6.45) is 2.02. The third kappa shape index (κ3) is 3.90. The molecule has 1 aliphatic rings. The molecule has 1 N–H and O–H groups in total. The molecule has 0 saturated heterocycles. The van der Waals surface area contributed by atoms with Crippen molar-refractivity contribution < 1.29 is 9.47 Å². The Labute approximate surface area is 167 Å². The van der Waals surface area contributed by atoms with Gasteiger partial charge in [0.2, 0.25) is 0 Å². The molecule has 4 rings (SSSR count). The van der Waals surface area contributed by atoms with Gasteiger partial charge >= 0.3 is 0 Å². The van der Waals surface area contributed by atoms with Crippen molar-refractivity contribution in [2.24, 2.45) is 0 Å². The standard InChI is InChI=1S/C25H27NO2/c1-3-18-9-12-24(27-2)23(15-18)25-22-11-10-21(16-20(22)13-14-26-25)28-17-19-7-5-4-6-8-19/h4-12,15-16,25-26H,3,13-14,17H2,1-2H3. The number of benzene rings is 3. The Bertz CT molecular complexity index is 937. The Hall–Kier alpha value is -2.78. The molecule has 3 aromatic carbocycles. The highest BCUT2D eigenvalue weighted by Crippen LogP contribution is 2.36. The molecule has 144 valence electrons. The normalized spacial score (nSPS) is 15.7. The zero-order chi connectivity index (χ0) is 19.3. The zero-order valence-electron chi connectivity index (χ0n) is 16.6. The Morgan fingerprint density at radius 1 is 0.929 bits per heavy atom. The molecule has 0 saturated carbocycles. The van der Waals surface area contributed by atoms with Crippen molar-refractivity contribution in [1.82, 2.24) is 5.32 Å². The van der Waals surface area contributed by atoms with E-state index >= 15 is 0 Å². The number of fused-ring (bicyclic) bond motifs is 1. The summed E-state index contributed by atoms with van der Waals surface area (Å²) < 4.78 is 11.7. The van der Waals surface area contributed by atoms with Crippen molar-refractivity contribution >= 4 is 0 Å². The van der Waals surface area contributed by atoms with Crippen LogP contribution in [0.5, 0.6) is 11.5 Å². The maximum Gasteiger partial charge on any atom is 0.123 e. The van der Waals surface area contributed by atoms with Crippen LogP contribution in [0.2, 0.25) is 0 Å². The SMILES string of the molecule is CCc1ccc(OC)c(C2NCCc3cc(OCc4ccccc4)ccc32)c1. The fraction of sp³-hybridized carbons (Fsp3) is 0.280. The monoisotopic (exact) mass is 373 g/mol. The Morgan fingerprint density at radius 3 is 2.57 bits per heavy atom. The van der Waals surface area contributed by atoms with Crippen molar-refractivity contribution in [3.05, 3.63) is 94.5 Å². The molecular formula is C25H27NO2. The van der Waals surface area contributed by atoms with Gasteiger partial charge in [-0.1, -0.05) is 55.5 Å². The molecule has 0 aliphatic carbocycles. The second-order valence-electron chi connectivity index (χ2n) is 7.20. The number of ether oxygens (including phenoxy) is 2. The molecule has 0 fully saturated rings. The Balaban J connectivity index is 1.60. The van der Waals surface area contributed by atoms with E-state index in [1.807, 2.05) is 18.2 Å². The van der Waals surface area contributed by atoms with Crippen LogP contribution in [0.3, 0.4) is 0 Å². The number of hydrogen-bond donors (Lipinski definition) is 1. The zero-order valence-corrected chi connectivity index (χ0v) is 16.6. The van der Waals surface area contributed by atoms with Gasteiger partial charge in [-0.25, -0.2) is 0 Å². The quantitative estimate of drug-likeness (QED) is 0.654. The van der Waals surface area contributed by atoms with Crippen LogP contribution in [0.4, 0.5) is 0 Å². The van der Waals surface area contributed by atoms with Gasteiger partial charge in [-0.15, -0.1) is 0 Å². The van der Waals surface area contributed by atoms with Crippen LogP contribution >= 0.6 is 0 Å². The van der Waals surface area contributed by atoms with Crippen molar-refractivity contribution in [3.8, 4) is 11.5 Å². The van der Waals surface area contributed by atoms with Crippen LogP contribution in [0.1, 0.15) is 40.8 Å². The summed E-state index contributed by atoms with van der Waals surface area (Å²) in [7, 11) is 1.74. The molecule has 3 heteroatoms. The van der Waals surface area contributed by atoms with E-state index in [2.05, 4.69) is 60.8 Å². The first-order valence-corrected chi connectivity index (χ1v) is 9.98. The summed E-state index contributed by atoms with van der Waals surface area (Å²) in [5, 5.41) is 3.67. The minimum absolute atomic E-state index is 0.147. The van der Waals surface area contributed by atoms with Gasteiger partial charge in [0.25, 0.3) is 0 Å². The molecule has 0 spiro atoms. The highest BCUT2D eigenvalue weighted by molar-refractivity contribution is 5.49. The highest BCUT2D eigenvalue weighted by atomic mass is 16.5. The van der Waals surface area contributed by atoms with Crippen molar-refractivity contribution in [2.75, 3.05) is 13.7 Å². The third-order valence-corrected chi connectivity index (χ3v) is 5.43. The molecule has 0 aromatic heterocycles. The lowest BCUT2D eigenvalue weighted by molar-refractivity contribution is 0.305. The molecule has 1 heterocycles. The molecular weight excluding hydrogens is 346 g/mol. The first-order chi connectivity index (χ1) is 13.8. The van der Waals surface area contributed by atoms with E-state index in [1.165, 1.54) is 27.8 Å². The lowest BCUT2D eigenvalue weighted by Crippen LogP contribution is -2.31. The predicted octanol–water partition coefficient (Wildman–Crippen LogP) is 5.07. The van der Waals surface area contributed by atoms with E-state index in [9.17, 15) is 0 Å². The third-order valence-electron chi connectivity index (χ3n) is 5.43. The van der Waals surface area contributed by atoms with Crippen molar-refractivity contribution in [1.29, 1.82) is 0 Å². The summed E-state index contributed by atoms with van der Waals surface area (Å²) in [4.78, 5) is 0. The molecule has 3 nitrogen and oxygen atoms in total. The number of hydrogen-bond acceptors (Lipinski definition) is 3. The summed E-state index contributed by atoms with van der Waals surface area (Å²) in [5.41, 5.74) is 6.37. The summed E-state index contributed by atoms with van der Waals surface area (Å²) >= 11 is 0. The molecule has 3 aromatic rings. The first-order valence-electron chi connectivity index (χ1n) is 9.98. The molecule has 0 radical (unpaired) electrons. The Morgan fingerprint density at radius 2 is 1.79 bits per heavy atom. The van der Waals surface area contributed by atoms with Crippen LogP contribution in [0.15, 0.2) is 66.7 Å². The van der Waals surface area contributed by atoms with Crippen molar-refractivity contribution in [2.45, 2.75) is 32.4 Å². The topological polar surface area (TPSA) is 30.5 Å². The van der Waals surface area contributed by atoms with E-state index in [1.54, 1.807) is 7.11 Å². The van der Waals surface area contributed by atoms with E-state index in [0.29, 0.717) is 6.61 Å². The maximum atomic E-state index is 6.04. The largest absolute Gasteiger partial charge is 0.496 e. The van der Waals surface area contributed by atoms with Crippen LogP contribution in [0.25, 0.3) is 0 Å². The van der Waals surface area contributed by atoms with Gasteiger partial charge in [0, 0.05) is 12.1 Å². The minimum Gasteiger partial charge on any atom is -0.496 e.